The first-order chi connectivity index (χ1) is 17.9. The molecule has 2 aromatic carbocycles. The van der Waals surface area contributed by atoms with E-state index in [1.807, 2.05) is 4.90 Å². The fraction of sp³-hybridized carbons (Fsp3) is 0.357. The second-order valence-electron chi connectivity index (χ2n) is 10.1. The quantitative estimate of drug-likeness (QED) is 0.548. The molecule has 1 fully saturated rings. The number of carbonyl (C=O) groups excluding carboxylic acids is 2. The van der Waals surface area contributed by atoms with Crippen molar-refractivity contribution < 1.29 is 18.4 Å². The second-order valence-corrected chi connectivity index (χ2v) is 10.1. The maximum atomic E-state index is 15.3. The first-order valence-electron chi connectivity index (χ1n) is 12.6. The van der Waals surface area contributed by atoms with E-state index in [-0.39, 0.29) is 42.0 Å². The lowest BCUT2D eigenvalue weighted by Gasteiger charge is -2.39. The van der Waals surface area contributed by atoms with Crippen molar-refractivity contribution in [1.82, 2.24) is 9.97 Å². The van der Waals surface area contributed by atoms with Crippen molar-refractivity contribution in [2.75, 3.05) is 29.4 Å². The molecule has 3 heterocycles. The number of amides is 1. The van der Waals surface area contributed by atoms with Gasteiger partial charge in [-0.3, -0.25) is 19.4 Å². The summed E-state index contributed by atoms with van der Waals surface area (Å²) in [4.78, 5) is 50.2. The Hall–Kier alpha value is -3.88. The minimum absolute atomic E-state index is 0.112. The molecule has 1 spiro atoms. The Morgan fingerprint density at radius 2 is 1.76 bits per heavy atom. The third-order valence-electron chi connectivity index (χ3n) is 7.95. The van der Waals surface area contributed by atoms with Gasteiger partial charge < -0.3 is 9.80 Å². The van der Waals surface area contributed by atoms with E-state index < -0.39 is 23.0 Å². The number of nitrogens with one attached hydrogen (secondary N) is 1. The van der Waals surface area contributed by atoms with Gasteiger partial charge in [-0.2, -0.15) is 0 Å². The van der Waals surface area contributed by atoms with Gasteiger partial charge in [0.1, 0.15) is 11.6 Å². The van der Waals surface area contributed by atoms with Crippen LogP contribution in [-0.4, -0.2) is 41.3 Å². The summed E-state index contributed by atoms with van der Waals surface area (Å²) in [6.45, 7) is 0.401. The number of hydrogen-bond donors (Lipinski definition) is 1. The SMILES string of the molecule is O=C(CN1C(=O)C2(CCN(c3nc4c(c(=O)[nH]3)CCCC4)CC2)c2c(F)cc(F)cc21)c1ccccc1. The number of H-pyrrole nitrogens is 1. The molecule has 0 atom stereocenters. The van der Waals surface area contributed by atoms with Crippen molar-refractivity contribution in [3.8, 4) is 0 Å². The standard InChI is InChI=1S/C28H26F2N4O3/c29-18-14-20(30)24-22(15-18)34(16-23(35)17-6-2-1-3-7-17)26(37)28(24)10-12-33(13-11-28)27-31-21-9-5-4-8-19(21)25(36)32-27/h1-3,6-7,14-15H,4-5,8-13,16H2,(H,31,32,36). The van der Waals surface area contributed by atoms with E-state index in [4.69, 9.17) is 4.98 Å². The fourth-order valence-electron chi connectivity index (χ4n) is 6.04. The predicted molar refractivity (Wildman–Crippen MR) is 134 cm³/mol. The van der Waals surface area contributed by atoms with Crippen LogP contribution >= 0.6 is 0 Å². The predicted octanol–water partition coefficient (Wildman–Crippen LogP) is 3.69. The van der Waals surface area contributed by atoms with Gasteiger partial charge in [0.2, 0.25) is 11.9 Å². The number of rotatable bonds is 4. The maximum absolute atomic E-state index is 15.3. The van der Waals surface area contributed by atoms with E-state index in [0.717, 1.165) is 49.1 Å². The molecule has 3 aliphatic rings. The summed E-state index contributed by atoms with van der Waals surface area (Å²) in [5.74, 6) is -1.84. The molecule has 6 rings (SSSR count). The average molecular weight is 505 g/mol. The number of Topliss-reactive ketones (excluding diaryl/α,β-unsaturated/α-hetero) is 1. The highest BCUT2D eigenvalue weighted by Gasteiger charge is 2.54. The van der Waals surface area contributed by atoms with Crippen LogP contribution in [0, 0.1) is 11.6 Å². The highest BCUT2D eigenvalue weighted by atomic mass is 19.1. The number of piperidine rings is 1. The number of benzene rings is 2. The van der Waals surface area contributed by atoms with Gasteiger partial charge in [-0.1, -0.05) is 30.3 Å². The van der Waals surface area contributed by atoms with Crippen LogP contribution in [0.2, 0.25) is 0 Å². The Balaban J connectivity index is 1.31. The number of anilines is 2. The van der Waals surface area contributed by atoms with Gasteiger partial charge in [0, 0.05) is 35.8 Å². The summed E-state index contributed by atoms with van der Waals surface area (Å²) in [5, 5.41) is 0. The molecule has 0 saturated carbocycles. The lowest BCUT2D eigenvalue weighted by molar-refractivity contribution is -0.123. The first-order valence-corrected chi connectivity index (χ1v) is 12.6. The van der Waals surface area contributed by atoms with Gasteiger partial charge in [0.25, 0.3) is 5.56 Å². The summed E-state index contributed by atoms with van der Waals surface area (Å²) in [6.07, 6.45) is 3.94. The molecule has 1 amide bonds. The molecule has 2 aliphatic heterocycles. The molecule has 9 heteroatoms. The molecule has 1 aromatic heterocycles. The zero-order chi connectivity index (χ0) is 25.7. The number of aryl methyl sites for hydroxylation is 1. The van der Waals surface area contributed by atoms with Crippen molar-refractivity contribution in [1.29, 1.82) is 0 Å². The molecule has 1 aliphatic carbocycles. The molecule has 0 radical (unpaired) electrons. The van der Waals surface area contributed by atoms with Crippen LogP contribution in [0.1, 0.15) is 52.9 Å². The van der Waals surface area contributed by atoms with Crippen molar-refractivity contribution in [2.45, 2.75) is 43.9 Å². The molecule has 37 heavy (non-hydrogen) atoms. The van der Waals surface area contributed by atoms with Crippen molar-refractivity contribution >= 4 is 23.3 Å². The summed E-state index contributed by atoms with van der Waals surface area (Å²) in [7, 11) is 0. The maximum Gasteiger partial charge on any atom is 0.255 e. The minimum Gasteiger partial charge on any atom is -0.342 e. The van der Waals surface area contributed by atoms with E-state index in [1.165, 1.54) is 4.90 Å². The number of halogens is 2. The van der Waals surface area contributed by atoms with E-state index in [2.05, 4.69) is 4.98 Å². The number of ketones is 1. The van der Waals surface area contributed by atoms with E-state index in [0.29, 0.717) is 24.6 Å². The number of hydrogen-bond acceptors (Lipinski definition) is 5. The average Bonchev–Trinajstić information content (AvgIpc) is 3.12. The molecule has 0 unspecified atom stereocenters. The van der Waals surface area contributed by atoms with E-state index in [1.54, 1.807) is 30.3 Å². The second kappa shape index (κ2) is 8.90. The van der Waals surface area contributed by atoms with Gasteiger partial charge in [0.15, 0.2) is 5.78 Å². The van der Waals surface area contributed by atoms with Crippen LogP contribution < -0.4 is 15.4 Å². The van der Waals surface area contributed by atoms with Crippen LogP contribution in [0.15, 0.2) is 47.3 Å². The van der Waals surface area contributed by atoms with Crippen LogP contribution in [0.25, 0.3) is 0 Å². The number of nitrogens with zero attached hydrogens (tertiary/aromatic N) is 3. The van der Waals surface area contributed by atoms with Crippen LogP contribution in [-0.2, 0) is 23.1 Å². The third kappa shape index (κ3) is 3.84. The van der Waals surface area contributed by atoms with Gasteiger partial charge in [-0.25, -0.2) is 13.8 Å². The summed E-state index contributed by atoms with van der Waals surface area (Å²) in [6, 6.07) is 10.5. The van der Waals surface area contributed by atoms with Crippen LogP contribution in [0.5, 0.6) is 0 Å². The van der Waals surface area contributed by atoms with Gasteiger partial charge in [-0.15, -0.1) is 0 Å². The van der Waals surface area contributed by atoms with E-state index >= 15 is 4.39 Å². The Morgan fingerprint density at radius 3 is 2.51 bits per heavy atom. The summed E-state index contributed by atoms with van der Waals surface area (Å²) in [5.41, 5.74) is 0.897. The zero-order valence-electron chi connectivity index (χ0n) is 20.2. The molecule has 1 N–H and O–H groups in total. The molecule has 7 nitrogen and oxygen atoms in total. The number of aromatic amines is 1. The van der Waals surface area contributed by atoms with Gasteiger partial charge >= 0.3 is 0 Å². The highest BCUT2D eigenvalue weighted by Crippen LogP contribution is 2.49. The largest absolute Gasteiger partial charge is 0.342 e. The van der Waals surface area contributed by atoms with Gasteiger partial charge in [0.05, 0.1) is 23.3 Å². The zero-order valence-corrected chi connectivity index (χ0v) is 20.2. The van der Waals surface area contributed by atoms with E-state index in [9.17, 15) is 18.8 Å². The minimum atomic E-state index is -1.21. The molecule has 0 bridgehead atoms. The molecular formula is C28H26F2N4O3. The number of carbonyl (C=O) groups is 2. The number of fused-ring (bicyclic) bond motifs is 3. The molecular weight excluding hydrogens is 478 g/mol. The van der Waals surface area contributed by atoms with Crippen molar-refractivity contribution in [2.24, 2.45) is 0 Å². The third-order valence-corrected chi connectivity index (χ3v) is 7.95. The van der Waals surface area contributed by atoms with Crippen molar-refractivity contribution in [3.05, 3.63) is 86.8 Å². The normalized spacial score (nSPS) is 18.2. The summed E-state index contributed by atoms with van der Waals surface area (Å²) < 4.78 is 29.6. The lowest BCUT2D eigenvalue weighted by atomic mass is 9.73. The molecule has 1 saturated heterocycles. The Labute approximate surface area is 212 Å². The molecule has 3 aromatic rings. The smallest absolute Gasteiger partial charge is 0.255 e. The Kier molecular flexibility index (Phi) is 5.66. The number of aromatic nitrogens is 2. The molecule has 190 valence electrons. The fourth-order valence-corrected chi connectivity index (χ4v) is 6.04. The van der Waals surface area contributed by atoms with Crippen LogP contribution in [0.3, 0.4) is 0 Å². The first kappa shape index (κ1) is 23.5. The van der Waals surface area contributed by atoms with Crippen molar-refractivity contribution in [3.63, 3.8) is 0 Å². The van der Waals surface area contributed by atoms with Crippen LogP contribution in [0.4, 0.5) is 20.4 Å². The van der Waals surface area contributed by atoms with Gasteiger partial charge in [-0.05, 0) is 44.6 Å². The lowest BCUT2D eigenvalue weighted by Crippen LogP contribution is -2.50. The Morgan fingerprint density at radius 1 is 1.03 bits per heavy atom. The summed E-state index contributed by atoms with van der Waals surface area (Å²) >= 11 is 0. The topological polar surface area (TPSA) is 86.4 Å². The Bertz CT molecular complexity index is 1460. The monoisotopic (exact) mass is 504 g/mol. The highest BCUT2D eigenvalue weighted by molar-refractivity contribution is 6.13.